The van der Waals surface area contributed by atoms with Gasteiger partial charge in [-0.1, -0.05) is 13.8 Å². The van der Waals surface area contributed by atoms with E-state index < -0.39 is 0 Å². The molecule has 0 aliphatic rings. The fraction of sp³-hybridized carbons (Fsp3) is 0.667. The standard InChI is InChI=1S/C12H22N4O/c1-8(2)6-9(3)16(4)12-10(17-5)11(13)14-7-15-12/h7-9H,6H2,1-5H3,(H2,13,14,15). The maximum atomic E-state index is 5.77. The zero-order chi connectivity index (χ0) is 13.0. The highest BCUT2D eigenvalue weighted by molar-refractivity contribution is 5.62. The van der Waals surface area contributed by atoms with Crippen LogP contribution in [0.25, 0.3) is 0 Å². The minimum Gasteiger partial charge on any atom is -0.490 e. The highest BCUT2D eigenvalue weighted by Gasteiger charge is 2.18. The fourth-order valence-corrected chi connectivity index (χ4v) is 1.87. The molecule has 0 fully saturated rings. The summed E-state index contributed by atoms with van der Waals surface area (Å²) in [5, 5.41) is 0. The smallest absolute Gasteiger partial charge is 0.204 e. The number of hydrogen-bond acceptors (Lipinski definition) is 5. The lowest BCUT2D eigenvalue weighted by atomic mass is 10.0. The van der Waals surface area contributed by atoms with Gasteiger partial charge in [-0.3, -0.25) is 0 Å². The van der Waals surface area contributed by atoms with E-state index in [4.69, 9.17) is 10.5 Å². The van der Waals surface area contributed by atoms with Crippen LogP contribution in [-0.2, 0) is 0 Å². The minimum atomic E-state index is 0.373. The third kappa shape index (κ3) is 3.22. The lowest BCUT2D eigenvalue weighted by Crippen LogP contribution is -2.31. The predicted octanol–water partition coefficient (Wildman–Crippen LogP) is 1.94. The zero-order valence-electron chi connectivity index (χ0n) is 11.3. The first-order valence-electron chi connectivity index (χ1n) is 5.84. The molecule has 17 heavy (non-hydrogen) atoms. The average Bonchev–Trinajstić information content (AvgIpc) is 2.26. The molecule has 5 heteroatoms. The van der Waals surface area contributed by atoms with E-state index in [2.05, 4.69) is 35.6 Å². The van der Waals surface area contributed by atoms with Crippen LogP contribution in [0, 0.1) is 5.92 Å². The van der Waals surface area contributed by atoms with Crippen LogP contribution in [0.4, 0.5) is 11.6 Å². The lowest BCUT2D eigenvalue weighted by Gasteiger charge is -2.28. The summed E-state index contributed by atoms with van der Waals surface area (Å²) in [6, 6.07) is 0.373. The Morgan fingerprint density at radius 2 is 2.00 bits per heavy atom. The Morgan fingerprint density at radius 3 is 2.53 bits per heavy atom. The minimum absolute atomic E-state index is 0.373. The molecule has 0 aliphatic carbocycles. The Morgan fingerprint density at radius 1 is 1.35 bits per heavy atom. The summed E-state index contributed by atoms with van der Waals surface area (Å²) in [7, 11) is 3.58. The first-order valence-corrected chi connectivity index (χ1v) is 5.84. The van der Waals surface area contributed by atoms with E-state index in [1.807, 2.05) is 7.05 Å². The highest BCUT2D eigenvalue weighted by atomic mass is 16.5. The van der Waals surface area contributed by atoms with Gasteiger partial charge in [-0.2, -0.15) is 0 Å². The molecule has 1 aromatic rings. The molecule has 1 rings (SSSR count). The van der Waals surface area contributed by atoms with E-state index >= 15 is 0 Å². The van der Waals surface area contributed by atoms with Crippen LogP contribution in [0.1, 0.15) is 27.2 Å². The Bertz CT molecular complexity index is 368. The number of nitrogens with zero attached hydrogens (tertiary/aromatic N) is 3. The van der Waals surface area contributed by atoms with Gasteiger partial charge < -0.3 is 15.4 Å². The average molecular weight is 238 g/mol. The Balaban J connectivity index is 2.95. The Kier molecular flexibility index (Phi) is 4.54. The van der Waals surface area contributed by atoms with E-state index in [0.717, 1.165) is 12.2 Å². The molecule has 0 aromatic carbocycles. The summed E-state index contributed by atoms with van der Waals surface area (Å²) in [6.45, 7) is 6.57. The van der Waals surface area contributed by atoms with Crippen molar-refractivity contribution in [3.63, 3.8) is 0 Å². The molecule has 1 heterocycles. The molecule has 0 amide bonds. The van der Waals surface area contributed by atoms with Gasteiger partial charge in [0.25, 0.3) is 0 Å². The molecular weight excluding hydrogens is 216 g/mol. The van der Waals surface area contributed by atoms with Crippen molar-refractivity contribution in [1.29, 1.82) is 0 Å². The molecule has 0 radical (unpaired) electrons. The van der Waals surface area contributed by atoms with Crippen molar-refractivity contribution in [2.45, 2.75) is 33.2 Å². The van der Waals surface area contributed by atoms with Crippen molar-refractivity contribution in [2.24, 2.45) is 5.92 Å². The molecule has 96 valence electrons. The first kappa shape index (κ1) is 13.5. The topological polar surface area (TPSA) is 64.3 Å². The number of hydrogen-bond donors (Lipinski definition) is 1. The van der Waals surface area contributed by atoms with E-state index in [-0.39, 0.29) is 0 Å². The van der Waals surface area contributed by atoms with Gasteiger partial charge in [-0.05, 0) is 19.3 Å². The second kappa shape index (κ2) is 5.70. The summed E-state index contributed by atoms with van der Waals surface area (Å²) >= 11 is 0. The number of methoxy groups -OCH3 is 1. The molecule has 0 aliphatic heterocycles. The van der Waals surface area contributed by atoms with Crippen LogP contribution < -0.4 is 15.4 Å². The lowest BCUT2D eigenvalue weighted by molar-refractivity contribution is 0.409. The third-order valence-electron chi connectivity index (χ3n) is 2.82. The van der Waals surface area contributed by atoms with E-state index in [1.165, 1.54) is 6.33 Å². The number of anilines is 2. The number of nitrogens with two attached hydrogens (primary N) is 1. The maximum Gasteiger partial charge on any atom is 0.204 e. The summed E-state index contributed by atoms with van der Waals surface area (Å²) < 4.78 is 5.26. The first-order chi connectivity index (χ1) is 7.97. The van der Waals surface area contributed by atoms with Crippen LogP contribution >= 0.6 is 0 Å². The normalized spacial score (nSPS) is 12.6. The Labute approximate surface area is 103 Å². The van der Waals surface area contributed by atoms with Crippen LogP contribution in [0.2, 0.25) is 0 Å². The molecular formula is C12H22N4O. The third-order valence-corrected chi connectivity index (χ3v) is 2.82. The van der Waals surface area contributed by atoms with E-state index in [1.54, 1.807) is 7.11 Å². The van der Waals surface area contributed by atoms with Gasteiger partial charge in [0.05, 0.1) is 7.11 Å². The monoisotopic (exact) mass is 238 g/mol. The molecule has 0 spiro atoms. The molecule has 0 saturated carbocycles. The SMILES string of the molecule is COc1c(N)ncnc1N(C)C(C)CC(C)C. The van der Waals surface area contributed by atoms with E-state index in [9.17, 15) is 0 Å². The van der Waals surface area contributed by atoms with Crippen molar-refractivity contribution in [3.8, 4) is 5.75 Å². The van der Waals surface area contributed by atoms with Crippen LogP contribution in [-0.4, -0.2) is 30.2 Å². The maximum absolute atomic E-state index is 5.77. The largest absolute Gasteiger partial charge is 0.490 e. The molecule has 1 aromatic heterocycles. The van der Waals surface area contributed by atoms with Gasteiger partial charge in [-0.15, -0.1) is 0 Å². The molecule has 0 saturated heterocycles. The van der Waals surface area contributed by atoms with Gasteiger partial charge >= 0.3 is 0 Å². The van der Waals surface area contributed by atoms with Crippen molar-refractivity contribution in [2.75, 3.05) is 24.8 Å². The number of nitrogen functional groups attached to an aromatic ring is 1. The van der Waals surface area contributed by atoms with E-state index in [0.29, 0.717) is 23.5 Å². The summed E-state index contributed by atoms with van der Waals surface area (Å²) in [5.74, 6) is 2.30. The van der Waals surface area contributed by atoms with Crippen LogP contribution in [0.5, 0.6) is 5.75 Å². The second-order valence-electron chi connectivity index (χ2n) is 4.71. The molecule has 5 nitrogen and oxygen atoms in total. The molecule has 1 unspecified atom stereocenters. The molecule has 2 N–H and O–H groups in total. The van der Waals surface area contributed by atoms with Gasteiger partial charge in [0, 0.05) is 13.1 Å². The van der Waals surface area contributed by atoms with Crippen LogP contribution in [0.3, 0.4) is 0 Å². The van der Waals surface area contributed by atoms with Gasteiger partial charge in [-0.25, -0.2) is 9.97 Å². The van der Waals surface area contributed by atoms with Crippen molar-refractivity contribution >= 4 is 11.6 Å². The van der Waals surface area contributed by atoms with Gasteiger partial charge in [0.2, 0.25) is 5.75 Å². The summed E-state index contributed by atoms with van der Waals surface area (Å²) in [4.78, 5) is 10.3. The fourth-order valence-electron chi connectivity index (χ4n) is 1.87. The van der Waals surface area contributed by atoms with Crippen molar-refractivity contribution < 1.29 is 4.74 Å². The predicted molar refractivity (Wildman–Crippen MR) is 70.3 cm³/mol. The van der Waals surface area contributed by atoms with Crippen molar-refractivity contribution in [1.82, 2.24) is 9.97 Å². The van der Waals surface area contributed by atoms with Crippen molar-refractivity contribution in [3.05, 3.63) is 6.33 Å². The number of rotatable bonds is 5. The highest BCUT2D eigenvalue weighted by Crippen LogP contribution is 2.30. The quantitative estimate of drug-likeness (QED) is 0.849. The second-order valence-corrected chi connectivity index (χ2v) is 4.71. The summed E-state index contributed by atoms with van der Waals surface area (Å²) in [6.07, 6.45) is 2.55. The molecule has 1 atom stereocenters. The molecule has 0 bridgehead atoms. The zero-order valence-corrected chi connectivity index (χ0v) is 11.3. The van der Waals surface area contributed by atoms with Crippen LogP contribution in [0.15, 0.2) is 6.33 Å². The number of ether oxygens (including phenoxy) is 1. The van der Waals surface area contributed by atoms with Gasteiger partial charge in [0.15, 0.2) is 11.6 Å². The van der Waals surface area contributed by atoms with Gasteiger partial charge in [0.1, 0.15) is 6.33 Å². The number of aromatic nitrogens is 2. The summed E-state index contributed by atoms with van der Waals surface area (Å²) in [5.41, 5.74) is 5.77. The Hall–Kier alpha value is -1.52.